The first-order valence-electron chi connectivity index (χ1n) is 6.34. The van der Waals surface area contributed by atoms with E-state index in [0.29, 0.717) is 13.0 Å². The quantitative estimate of drug-likeness (QED) is 0.835. The molecule has 5 heteroatoms. The number of rotatable bonds is 6. The average molecular weight is 275 g/mol. The van der Waals surface area contributed by atoms with E-state index in [-0.39, 0.29) is 24.1 Å². The van der Waals surface area contributed by atoms with Crippen LogP contribution < -0.4 is 5.32 Å². The fraction of sp³-hybridized carbons (Fsp3) is 0.571. The lowest BCUT2D eigenvalue weighted by molar-refractivity contribution is -0.138. The molecule has 2 unspecified atom stereocenters. The van der Waals surface area contributed by atoms with Gasteiger partial charge < -0.3 is 10.4 Å². The molecule has 2 nitrogen and oxygen atoms in total. The van der Waals surface area contributed by atoms with Gasteiger partial charge in [0.15, 0.2) is 0 Å². The smallest absolute Gasteiger partial charge is 0.393 e. The fourth-order valence-electron chi connectivity index (χ4n) is 2.07. The first-order valence-corrected chi connectivity index (χ1v) is 6.34. The Morgan fingerprint density at radius 3 is 2.42 bits per heavy atom. The molecule has 2 N–H and O–H groups in total. The van der Waals surface area contributed by atoms with Gasteiger partial charge in [0.2, 0.25) is 0 Å². The number of hydrogen-bond donors (Lipinski definition) is 2. The van der Waals surface area contributed by atoms with Crippen LogP contribution in [0.15, 0.2) is 24.3 Å². The molecular formula is C14H20F3NO. The summed E-state index contributed by atoms with van der Waals surface area (Å²) in [5.41, 5.74) is -0.343. The molecule has 0 heterocycles. The topological polar surface area (TPSA) is 32.3 Å². The third-order valence-electron chi connectivity index (χ3n) is 2.87. The van der Waals surface area contributed by atoms with Crippen LogP contribution in [0, 0.1) is 5.92 Å². The molecule has 0 radical (unpaired) electrons. The summed E-state index contributed by atoms with van der Waals surface area (Å²) in [6.07, 6.45) is -4.07. The van der Waals surface area contributed by atoms with E-state index >= 15 is 0 Å². The number of aliphatic hydroxyl groups excluding tert-OH is 1. The van der Waals surface area contributed by atoms with Crippen LogP contribution in [0.2, 0.25) is 0 Å². The van der Waals surface area contributed by atoms with Crippen molar-refractivity contribution in [3.05, 3.63) is 35.4 Å². The van der Waals surface area contributed by atoms with Crippen LogP contribution in [0.5, 0.6) is 0 Å². The van der Waals surface area contributed by atoms with Crippen LogP contribution in [0.25, 0.3) is 0 Å². The van der Waals surface area contributed by atoms with Crippen molar-refractivity contribution in [1.29, 1.82) is 0 Å². The van der Waals surface area contributed by atoms with Gasteiger partial charge in [-0.05, 0) is 37.4 Å². The van der Waals surface area contributed by atoms with Gasteiger partial charge in [-0.2, -0.15) is 13.2 Å². The van der Waals surface area contributed by atoms with Crippen LogP contribution in [0.3, 0.4) is 0 Å². The summed E-state index contributed by atoms with van der Waals surface area (Å²) in [7, 11) is 0. The molecule has 19 heavy (non-hydrogen) atoms. The maximum Gasteiger partial charge on any atom is 0.416 e. The van der Waals surface area contributed by atoms with Crippen LogP contribution in [0.4, 0.5) is 13.2 Å². The number of alkyl halides is 3. The maximum absolute atomic E-state index is 12.7. The molecule has 0 fully saturated rings. The molecule has 1 aromatic rings. The summed E-state index contributed by atoms with van der Waals surface area (Å²) in [6.45, 7) is 4.42. The molecule has 0 aliphatic heterocycles. The van der Waals surface area contributed by atoms with Crippen molar-refractivity contribution in [3.63, 3.8) is 0 Å². The number of benzene rings is 1. The van der Waals surface area contributed by atoms with Gasteiger partial charge in [-0.3, -0.25) is 0 Å². The first kappa shape index (κ1) is 16.0. The minimum absolute atomic E-state index is 0.180. The fourth-order valence-corrected chi connectivity index (χ4v) is 2.07. The average Bonchev–Trinajstić information content (AvgIpc) is 2.27. The monoisotopic (exact) mass is 275 g/mol. The van der Waals surface area contributed by atoms with Crippen molar-refractivity contribution in [1.82, 2.24) is 5.32 Å². The molecule has 1 rings (SSSR count). The molecule has 0 aliphatic carbocycles. The number of nitrogens with one attached hydrogen (secondary N) is 1. The van der Waals surface area contributed by atoms with E-state index in [1.807, 2.05) is 6.92 Å². The van der Waals surface area contributed by atoms with Crippen molar-refractivity contribution >= 4 is 0 Å². The van der Waals surface area contributed by atoms with Gasteiger partial charge in [-0.15, -0.1) is 0 Å². The highest BCUT2D eigenvalue weighted by Crippen LogP contribution is 2.31. The van der Waals surface area contributed by atoms with Crippen molar-refractivity contribution in [3.8, 4) is 0 Å². The summed E-state index contributed by atoms with van der Waals surface area (Å²) in [4.78, 5) is 0. The Hall–Kier alpha value is -1.07. The number of aliphatic hydroxyl groups is 1. The number of hydrogen-bond acceptors (Lipinski definition) is 2. The highest BCUT2D eigenvalue weighted by molar-refractivity contribution is 5.29. The third-order valence-corrected chi connectivity index (χ3v) is 2.87. The summed E-state index contributed by atoms with van der Waals surface area (Å²) in [5.74, 6) is 0.220. The Labute approximate surface area is 111 Å². The van der Waals surface area contributed by atoms with E-state index in [9.17, 15) is 18.3 Å². The zero-order valence-corrected chi connectivity index (χ0v) is 11.2. The summed E-state index contributed by atoms with van der Waals surface area (Å²) < 4.78 is 38.2. The van der Waals surface area contributed by atoms with Crippen molar-refractivity contribution in [2.45, 2.75) is 39.1 Å². The molecule has 0 amide bonds. The van der Waals surface area contributed by atoms with E-state index in [1.165, 1.54) is 12.1 Å². The van der Waals surface area contributed by atoms with E-state index in [2.05, 4.69) is 5.32 Å². The molecule has 108 valence electrons. The Morgan fingerprint density at radius 1 is 1.21 bits per heavy atom. The predicted molar refractivity (Wildman–Crippen MR) is 68.6 cm³/mol. The van der Waals surface area contributed by atoms with Gasteiger partial charge in [0.05, 0.1) is 11.7 Å². The van der Waals surface area contributed by atoms with Crippen molar-refractivity contribution < 1.29 is 18.3 Å². The second-order valence-corrected chi connectivity index (χ2v) is 4.98. The summed E-state index contributed by atoms with van der Waals surface area (Å²) in [6, 6.07) is 5.57. The lowest BCUT2D eigenvalue weighted by Crippen LogP contribution is -2.24. The second-order valence-electron chi connectivity index (χ2n) is 4.98. The van der Waals surface area contributed by atoms with Gasteiger partial charge in [0, 0.05) is 6.54 Å². The summed E-state index contributed by atoms with van der Waals surface area (Å²) >= 11 is 0. The van der Waals surface area contributed by atoms with Gasteiger partial charge >= 0.3 is 6.18 Å². The molecule has 0 spiro atoms. The van der Waals surface area contributed by atoms with E-state index in [1.54, 1.807) is 13.0 Å². The molecule has 0 aliphatic rings. The third kappa shape index (κ3) is 5.61. The predicted octanol–water partition coefficient (Wildman–Crippen LogP) is 3.20. The zero-order valence-electron chi connectivity index (χ0n) is 11.2. The van der Waals surface area contributed by atoms with Crippen LogP contribution in [0.1, 0.15) is 31.4 Å². The van der Waals surface area contributed by atoms with Gasteiger partial charge in [0.1, 0.15) is 0 Å². The minimum Gasteiger partial charge on any atom is -0.393 e. The summed E-state index contributed by atoms with van der Waals surface area (Å²) in [5, 5.41) is 12.2. The van der Waals surface area contributed by atoms with Crippen LogP contribution >= 0.6 is 0 Å². The van der Waals surface area contributed by atoms with E-state index in [4.69, 9.17) is 0 Å². The van der Waals surface area contributed by atoms with E-state index in [0.717, 1.165) is 6.07 Å². The lowest BCUT2D eigenvalue weighted by Gasteiger charge is -2.16. The minimum atomic E-state index is -4.32. The van der Waals surface area contributed by atoms with Crippen LogP contribution in [-0.2, 0) is 12.7 Å². The first-order chi connectivity index (χ1) is 8.80. The molecule has 0 aromatic heterocycles. The van der Waals surface area contributed by atoms with Gasteiger partial charge in [-0.1, -0.05) is 25.1 Å². The Balaban J connectivity index is 2.54. The Bertz CT molecular complexity index is 391. The highest BCUT2D eigenvalue weighted by atomic mass is 19.4. The number of halogens is 3. The molecule has 2 atom stereocenters. The molecule has 0 bridgehead atoms. The molecular weight excluding hydrogens is 255 g/mol. The Kier molecular flexibility index (Phi) is 5.82. The normalized spacial score (nSPS) is 15.3. The van der Waals surface area contributed by atoms with Gasteiger partial charge in [-0.25, -0.2) is 0 Å². The Morgan fingerprint density at radius 2 is 1.84 bits per heavy atom. The lowest BCUT2D eigenvalue weighted by atomic mass is 10.0. The molecule has 1 aromatic carbocycles. The largest absolute Gasteiger partial charge is 0.416 e. The van der Waals surface area contributed by atoms with Crippen molar-refractivity contribution in [2.24, 2.45) is 5.92 Å². The van der Waals surface area contributed by atoms with E-state index < -0.39 is 11.7 Å². The van der Waals surface area contributed by atoms with Crippen molar-refractivity contribution in [2.75, 3.05) is 6.54 Å². The SMILES string of the molecule is CC(O)CC(C)CNCc1ccccc1C(F)(F)F. The van der Waals surface area contributed by atoms with Gasteiger partial charge in [0.25, 0.3) is 0 Å². The maximum atomic E-state index is 12.7. The second kappa shape index (κ2) is 6.91. The highest BCUT2D eigenvalue weighted by Gasteiger charge is 2.32. The zero-order chi connectivity index (χ0) is 14.5. The molecule has 0 saturated heterocycles. The standard InChI is InChI=1S/C14H20F3NO/c1-10(7-11(2)19)8-18-9-12-5-3-4-6-13(12)14(15,16)17/h3-6,10-11,18-19H,7-9H2,1-2H3. The van der Waals surface area contributed by atoms with Crippen LogP contribution in [-0.4, -0.2) is 17.8 Å². The molecule has 0 saturated carbocycles.